The van der Waals surface area contributed by atoms with Gasteiger partial charge in [-0.3, -0.25) is 23.7 Å². The number of rotatable bonds is 16. The van der Waals surface area contributed by atoms with Crippen LogP contribution in [0.1, 0.15) is 72.6 Å². The molecule has 0 rings (SSSR count). The van der Waals surface area contributed by atoms with Gasteiger partial charge in [0.2, 0.25) is 0 Å². The highest BCUT2D eigenvalue weighted by atomic mass is 32.2. The fourth-order valence-electron chi connectivity index (χ4n) is 2.70. The Hall–Kier alpha value is -1.81. The number of ether oxygens (including phenoxy) is 2. The maximum absolute atomic E-state index is 12.2. The molecule has 3 unspecified atom stereocenters. The molecule has 0 amide bonds. The molecule has 9 nitrogen and oxygen atoms in total. The van der Waals surface area contributed by atoms with Gasteiger partial charge in [0.1, 0.15) is 24.8 Å². The Bertz CT molecular complexity index is 684. The van der Waals surface area contributed by atoms with Crippen molar-refractivity contribution in [3.63, 3.8) is 0 Å². The Balaban J connectivity index is 4.95. The van der Waals surface area contributed by atoms with Crippen molar-refractivity contribution in [3.8, 4) is 0 Å². The molecule has 0 saturated carbocycles. The van der Waals surface area contributed by atoms with Crippen LogP contribution in [0.5, 0.6) is 0 Å². The highest BCUT2D eigenvalue weighted by Gasteiger charge is 2.36. The van der Waals surface area contributed by atoms with Crippen molar-refractivity contribution < 1.29 is 41.6 Å². The molecule has 174 valence electrons. The Morgan fingerprint density at radius 3 is 1.63 bits per heavy atom. The van der Waals surface area contributed by atoms with Gasteiger partial charge in [-0.1, -0.05) is 39.5 Å². The van der Waals surface area contributed by atoms with Crippen molar-refractivity contribution in [1.82, 2.24) is 0 Å². The van der Waals surface area contributed by atoms with E-state index in [0.29, 0.717) is 12.8 Å². The zero-order valence-electron chi connectivity index (χ0n) is 18.2. The van der Waals surface area contributed by atoms with Gasteiger partial charge >= 0.3 is 11.9 Å². The van der Waals surface area contributed by atoms with Crippen molar-refractivity contribution >= 4 is 33.6 Å². The van der Waals surface area contributed by atoms with Gasteiger partial charge < -0.3 is 9.47 Å². The smallest absolute Gasteiger partial charge is 0.327 e. The Morgan fingerprint density at radius 1 is 0.833 bits per heavy atom. The van der Waals surface area contributed by atoms with Gasteiger partial charge in [-0.2, -0.15) is 8.42 Å². The van der Waals surface area contributed by atoms with Gasteiger partial charge in [0.05, 0.1) is 18.3 Å². The molecule has 0 spiro atoms. The minimum absolute atomic E-state index is 0.163. The largest absolute Gasteiger partial charge is 0.465 e. The van der Waals surface area contributed by atoms with E-state index in [-0.39, 0.29) is 24.8 Å². The van der Waals surface area contributed by atoms with Gasteiger partial charge in [0.25, 0.3) is 10.1 Å². The molecule has 0 aromatic heterocycles. The quantitative estimate of drug-likeness (QED) is 0.277. The van der Waals surface area contributed by atoms with Crippen LogP contribution in [0.25, 0.3) is 0 Å². The average molecular weight is 451 g/mol. The van der Waals surface area contributed by atoms with Crippen LogP contribution in [0.4, 0.5) is 0 Å². The van der Waals surface area contributed by atoms with Crippen molar-refractivity contribution in [1.29, 1.82) is 0 Å². The summed E-state index contributed by atoms with van der Waals surface area (Å²) in [6.07, 6.45) is 3.22. The molecule has 0 aliphatic rings. The molecule has 10 heteroatoms. The number of unbranched alkanes of at least 4 members (excludes halogenated alkanes) is 2. The number of hydrogen-bond acceptors (Lipinski definition) is 8. The number of esters is 2. The maximum atomic E-state index is 12.2. The van der Waals surface area contributed by atoms with E-state index in [9.17, 15) is 32.1 Å². The van der Waals surface area contributed by atoms with E-state index in [0.717, 1.165) is 25.7 Å². The molecule has 0 aliphatic carbocycles. The summed E-state index contributed by atoms with van der Waals surface area (Å²) in [4.78, 5) is 47.4. The van der Waals surface area contributed by atoms with Crippen molar-refractivity contribution in [2.75, 3.05) is 13.2 Å². The van der Waals surface area contributed by atoms with E-state index in [2.05, 4.69) is 0 Å². The third kappa shape index (κ3) is 11.4. The number of Topliss-reactive ketones (excluding diaryl/α,β-unsaturated/α-hetero) is 2. The van der Waals surface area contributed by atoms with E-state index in [1.807, 2.05) is 13.8 Å². The van der Waals surface area contributed by atoms with Crippen LogP contribution in [0, 0.1) is 11.8 Å². The van der Waals surface area contributed by atoms with Crippen molar-refractivity contribution in [2.45, 2.75) is 77.9 Å². The minimum Gasteiger partial charge on any atom is -0.465 e. The zero-order valence-corrected chi connectivity index (χ0v) is 19.0. The lowest BCUT2D eigenvalue weighted by atomic mass is 9.99. The zero-order chi connectivity index (χ0) is 23.3. The monoisotopic (exact) mass is 450 g/mol. The standard InChI is InChI=1S/C20H34O9S/c1-5-7-9-16(14(3)21)12-28-19(23)11-18(30(25,26)27)20(24)29-13-17(15(4)22)10-8-6-2/h16-18H,5-13H2,1-4H3,(H,25,26,27). The molecule has 0 aliphatic heterocycles. The van der Waals surface area contributed by atoms with Crippen LogP contribution in [-0.4, -0.2) is 54.9 Å². The van der Waals surface area contributed by atoms with Gasteiger partial charge in [0.15, 0.2) is 5.25 Å². The van der Waals surface area contributed by atoms with E-state index in [4.69, 9.17) is 9.47 Å². The first kappa shape index (κ1) is 28.2. The van der Waals surface area contributed by atoms with E-state index < -0.39 is 45.6 Å². The summed E-state index contributed by atoms with van der Waals surface area (Å²) in [5, 5.41) is -2.16. The van der Waals surface area contributed by atoms with Crippen LogP contribution in [0.3, 0.4) is 0 Å². The molecule has 0 fully saturated rings. The van der Waals surface area contributed by atoms with Gasteiger partial charge in [-0.15, -0.1) is 0 Å². The van der Waals surface area contributed by atoms with E-state index >= 15 is 0 Å². The summed E-state index contributed by atoms with van der Waals surface area (Å²) in [6.45, 7) is 6.03. The molecule has 3 atom stereocenters. The summed E-state index contributed by atoms with van der Waals surface area (Å²) in [6, 6.07) is 0. The number of hydrogen-bond donors (Lipinski definition) is 1. The maximum Gasteiger partial charge on any atom is 0.327 e. The van der Waals surface area contributed by atoms with Gasteiger partial charge in [0, 0.05) is 0 Å². The summed E-state index contributed by atoms with van der Waals surface area (Å²) in [7, 11) is -4.94. The first-order chi connectivity index (χ1) is 13.9. The van der Waals surface area contributed by atoms with Crippen molar-refractivity contribution in [2.24, 2.45) is 11.8 Å². The molecule has 0 bridgehead atoms. The number of ketones is 2. The molecule has 0 radical (unpaired) electrons. The van der Waals surface area contributed by atoms with Crippen LogP contribution >= 0.6 is 0 Å². The molecule has 0 aromatic rings. The minimum atomic E-state index is -4.94. The fourth-order valence-corrected chi connectivity index (χ4v) is 3.36. The molecule has 1 N–H and O–H groups in total. The van der Waals surface area contributed by atoms with Crippen LogP contribution in [-0.2, 0) is 38.8 Å². The third-order valence-electron chi connectivity index (χ3n) is 4.81. The number of carbonyl (C=O) groups excluding carboxylic acids is 4. The summed E-state index contributed by atoms with van der Waals surface area (Å²) >= 11 is 0. The first-order valence-corrected chi connectivity index (χ1v) is 11.7. The molecule has 0 aromatic carbocycles. The normalized spacial score (nSPS) is 14.4. The molecule has 0 heterocycles. The summed E-state index contributed by atoms with van der Waals surface area (Å²) in [5.41, 5.74) is 0. The second kappa shape index (κ2) is 14.2. The average Bonchev–Trinajstić information content (AvgIpc) is 2.64. The highest BCUT2D eigenvalue weighted by molar-refractivity contribution is 7.87. The second-order valence-corrected chi connectivity index (χ2v) is 9.02. The predicted molar refractivity (Wildman–Crippen MR) is 109 cm³/mol. The first-order valence-electron chi connectivity index (χ1n) is 10.2. The van der Waals surface area contributed by atoms with Crippen LogP contribution in [0.2, 0.25) is 0 Å². The second-order valence-electron chi connectivity index (χ2n) is 7.42. The SMILES string of the molecule is CCCCC(COC(=O)CC(C(=O)OCC(CCCC)C(C)=O)S(=O)(=O)O)C(C)=O. The lowest BCUT2D eigenvalue weighted by Gasteiger charge is -2.18. The van der Waals surface area contributed by atoms with E-state index in [1.165, 1.54) is 13.8 Å². The Kier molecular flexibility index (Phi) is 13.4. The van der Waals surface area contributed by atoms with E-state index in [1.54, 1.807) is 0 Å². The van der Waals surface area contributed by atoms with Gasteiger partial charge in [-0.05, 0) is 26.7 Å². The van der Waals surface area contributed by atoms with Gasteiger partial charge in [-0.25, -0.2) is 0 Å². The van der Waals surface area contributed by atoms with Crippen LogP contribution < -0.4 is 0 Å². The lowest BCUT2D eigenvalue weighted by Crippen LogP contribution is -2.36. The Labute approximate surface area is 178 Å². The fraction of sp³-hybridized carbons (Fsp3) is 0.800. The summed E-state index contributed by atoms with van der Waals surface area (Å²) in [5.74, 6) is -3.85. The third-order valence-corrected chi connectivity index (χ3v) is 5.89. The molecule has 0 saturated heterocycles. The van der Waals surface area contributed by atoms with Crippen LogP contribution in [0.15, 0.2) is 0 Å². The molecular weight excluding hydrogens is 416 g/mol. The predicted octanol–water partition coefficient (Wildman–Crippen LogP) is 2.51. The van der Waals surface area contributed by atoms with Crippen molar-refractivity contribution in [3.05, 3.63) is 0 Å². The number of carbonyl (C=O) groups is 4. The molecule has 30 heavy (non-hydrogen) atoms. The topological polar surface area (TPSA) is 141 Å². The highest BCUT2D eigenvalue weighted by Crippen LogP contribution is 2.15. The Morgan fingerprint density at radius 2 is 1.27 bits per heavy atom. The lowest BCUT2D eigenvalue weighted by molar-refractivity contribution is -0.152. The molecular formula is C20H34O9S. The summed E-state index contributed by atoms with van der Waals surface area (Å²) < 4.78 is 42.3.